The van der Waals surface area contributed by atoms with Gasteiger partial charge in [-0.15, -0.1) is 6.58 Å². The Morgan fingerprint density at radius 3 is 2.64 bits per heavy atom. The molecule has 1 aromatic carbocycles. The fourth-order valence-corrected chi connectivity index (χ4v) is 1.41. The van der Waals surface area contributed by atoms with E-state index >= 15 is 0 Å². The van der Waals surface area contributed by atoms with Crippen LogP contribution in [0.3, 0.4) is 0 Å². The second-order valence-corrected chi connectivity index (χ2v) is 3.76. The molecule has 0 fully saturated rings. The molecule has 0 bridgehead atoms. The molecule has 1 rings (SSSR count). The van der Waals surface area contributed by atoms with Gasteiger partial charge in [0.05, 0.1) is 0 Å². The number of rotatable bonds is 4. The van der Waals surface area contributed by atoms with Crippen LogP contribution in [0, 0.1) is 13.8 Å². The monoisotopic (exact) mass is 189 g/mol. The highest BCUT2D eigenvalue weighted by Crippen LogP contribution is 2.16. The van der Waals surface area contributed by atoms with Gasteiger partial charge in [0.25, 0.3) is 0 Å². The van der Waals surface area contributed by atoms with E-state index in [0.29, 0.717) is 6.04 Å². The van der Waals surface area contributed by atoms with Crippen molar-refractivity contribution in [3.05, 3.63) is 47.5 Å². The summed E-state index contributed by atoms with van der Waals surface area (Å²) in [4.78, 5) is 0. The SMILES string of the molecule is C=CCN[C@H](C)c1ccc(C)c(C)c1. The van der Waals surface area contributed by atoms with Gasteiger partial charge in [-0.1, -0.05) is 24.3 Å². The molecular weight excluding hydrogens is 170 g/mol. The topological polar surface area (TPSA) is 12.0 Å². The molecule has 0 aliphatic heterocycles. The molecule has 0 saturated heterocycles. The van der Waals surface area contributed by atoms with E-state index in [1.807, 2.05) is 6.08 Å². The zero-order chi connectivity index (χ0) is 10.6. The Hall–Kier alpha value is -1.08. The van der Waals surface area contributed by atoms with Gasteiger partial charge in [-0.05, 0) is 37.5 Å². The Morgan fingerprint density at radius 1 is 1.36 bits per heavy atom. The summed E-state index contributed by atoms with van der Waals surface area (Å²) < 4.78 is 0. The van der Waals surface area contributed by atoms with Gasteiger partial charge in [-0.2, -0.15) is 0 Å². The number of hydrogen-bond acceptors (Lipinski definition) is 1. The van der Waals surface area contributed by atoms with Gasteiger partial charge in [0, 0.05) is 12.6 Å². The van der Waals surface area contributed by atoms with Gasteiger partial charge in [0.2, 0.25) is 0 Å². The van der Waals surface area contributed by atoms with Crippen LogP contribution in [-0.2, 0) is 0 Å². The molecule has 0 amide bonds. The Kier molecular flexibility index (Phi) is 3.90. The lowest BCUT2D eigenvalue weighted by molar-refractivity contribution is 0.617. The summed E-state index contributed by atoms with van der Waals surface area (Å²) in [6.07, 6.45) is 1.89. The van der Waals surface area contributed by atoms with Crippen molar-refractivity contribution in [1.29, 1.82) is 0 Å². The third kappa shape index (κ3) is 2.71. The largest absolute Gasteiger partial charge is 0.307 e. The summed E-state index contributed by atoms with van der Waals surface area (Å²) >= 11 is 0. The molecule has 0 unspecified atom stereocenters. The normalized spacial score (nSPS) is 12.5. The smallest absolute Gasteiger partial charge is 0.0294 e. The third-order valence-corrected chi connectivity index (χ3v) is 2.60. The van der Waals surface area contributed by atoms with Crippen molar-refractivity contribution in [2.24, 2.45) is 0 Å². The molecule has 14 heavy (non-hydrogen) atoms. The van der Waals surface area contributed by atoms with Crippen LogP contribution in [0.1, 0.15) is 29.7 Å². The van der Waals surface area contributed by atoms with Crippen LogP contribution < -0.4 is 5.32 Å². The van der Waals surface area contributed by atoms with Gasteiger partial charge in [0.15, 0.2) is 0 Å². The van der Waals surface area contributed by atoms with E-state index in [2.05, 4.69) is 50.9 Å². The van der Waals surface area contributed by atoms with E-state index in [-0.39, 0.29) is 0 Å². The molecule has 0 saturated carbocycles. The van der Waals surface area contributed by atoms with Crippen LogP contribution in [-0.4, -0.2) is 6.54 Å². The lowest BCUT2D eigenvalue weighted by atomic mass is 10.0. The lowest BCUT2D eigenvalue weighted by Crippen LogP contribution is -2.18. The summed E-state index contributed by atoms with van der Waals surface area (Å²) in [5.74, 6) is 0. The molecular formula is C13H19N. The van der Waals surface area contributed by atoms with Gasteiger partial charge in [0.1, 0.15) is 0 Å². The minimum atomic E-state index is 0.396. The molecule has 1 nitrogen and oxygen atoms in total. The molecule has 0 radical (unpaired) electrons. The Morgan fingerprint density at radius 2 is 2.07 bits per heavy atom. The van der Waals surface area contributed by atoms with Crippen LogP contribution in [0.2, 0.25) is 0 Å². The number of aryl methyl sites for hydroxylation is 2. The predicted octanol–water partition coefficient (Wildman–Crippen LogP) is 3.14. The minimum Gasteiger partial charge on any atom is -0.307 e. The van der Waals surface area contributed by atoms with Crippen molar-refractivity contribution in [3.8, 4) is 0 Å². The average molecular weight is 189 g/mol. The summed E-state index contributed by atoms with van der Waals surface area (Å²) in [6, 6.07) is 7.00. The molecule has 0 aliphatic rings. The maximum Gasteiger partial charge on any atom is 0.0294 e. The van der Waals surface area contributed by atoms with Gasteiger partial charge >= 0.3 is 0 Å². The molecule has 1 aromatic rings. The van der Waals surface area contributed by atoms with Crippen LogP contribution >= 0.6 is 0 Å². The molecule has 1 heteroatoms. The zero-order valence-corrected chi connectivity index (χ0v) is 9.30. The van der Waals surface area contributed by atoms with E-state index in [9.17, 15) is 0 Å². The fourth-order valence-electron chi connectivity index (χ4n) is 1.41. The quantitative estimate of drug-likeness (QED) is 0.717. The Labute approximate surface area is 86.8 Å². The van der Waals surface area contributed by atoms with E-state index in [0.717, 1.165) is 6.54 Å². The molecule has 76 valence electrons. The maximum absolute atomic E-state index is 3.70. The van der Waals surface area contributed by atoms with Crippen molar-refractivity contribution >= 4 is 0 Å². The number of benzene rings is 1. The van der Waals surface area contributed by atoms with E-state index in [1.165, 1.54) is 16.7 Å². The summed E-state index contributed by atoms with van der Waals surface area (Å²) in [5.41, 5.74) is 4.05. The highest BCUT2D eigenvalue weighted by molar-refractivity contribution is 5.31. The van der Waals surface area contributed by atoms with E-state index < -0.39 is 0 Å². The van der Waals surface area contributed by atoms with Crippen LogP contribution in [0.25, 0.3) is 0 Å². The number of hydrogen-bond donors (Lipinski definition) is 1. The first kappa shape index (κ1) is 11.0. The van der Waals surface area contributed by atoms with Gasteiger partial charge < -0.3 is 5.32 Å². The second-order valence-electron chi connectivity index (χ2n) is 3.76. The van der Waals surface area contributed by atoms with Crippen molar-refractivity contribution in [2.75, 3.05) is 6.54 Å². The zero-order valence-electron chi connectivity index (χ0n) is 9.30. The second kappa shape index (κ2) is 4.97. The first-order valence-corrected chi connectivity index (χ1v) is 5.06. The molecule has 0 spiro atoms. The van der Waals surface area contributed by atoms with Gasteiger partial charge in [-0.3, -0.25) is 0 Å². The molecule has 1 N–H and O–H groups in total. The molecule has 1 atom stereocenters. The molecule has 0 heterocycles. The standard InChI is InChI=1S/C13H19N/c1-5-8-14-12(4)13-7-6-10(2)11(3)9-13/h5-7,9,12,14H,1,8H2,2-4H3/t12-/m1/s1. The van der Waals surface area contributed by atoms with E-state index in [1.54, 1.807) is 0 Å². The highest BCUT2D eigenvalue weighted by atomic mass is 14.9. The van der Waals surface area contributed by atoms with E-state index in [4.69, 9.17) is 0 Å². The summed E-state index contributed by atoms with van der Waals surface area (Å²) in [6.45, 7) is 11.0. The first-order chi connectivity index (χ1) is 6.65. The van der Waals surface area contributed by atoms with Gasteiger partial charge in [-0.25, -0.2) is 0 Å². The van der Waals surface area contributed by atoms with Crippen LogP contribution in [0.5, 0.6) is 0 Å². The minimum absolute atomic E-state index is 0.396. The average Bonchev–Trinajstić information content (AvgIpc) is 2.18. The van der Waals surface area contributed by atoms with Crippen molar-refractivity contribution in [2.45, 2.75) is 26.8 Å². The molecule has 0 aliphatic carbocycles. The Balaban J connectivity index is 2.75. The van der Waals surface area contributed by atoms with Crippen molar-refractivity contribution in [3.63, 3.8) is 0 Å². The fraction of sp³-hybridized carbons (Fsp3) is 0.385. The number of nitrogens with one attached hydrogen (secondary N) is 1. The molecule has 0 aromatic heterocycles. The lowest BCUT2D eigenvalue weighted by Gasteiger charge is -2.14. The predicted molar refractivity (Wildman–Crippen MR) is 62.5 cm³/mol. The first-order valence-electron chi connectivity index (χ1n) is 5.06. The maximum atomic E-state index is 3.70. The summed E-state index contributed by atoms with van der Waals surface area (Å²) in [5, 5.41) is 3.38. The Bertz CT molecular complexity index is 315. The van der Waals surface area contributed by atoms with Crippen LogP contribution in [0.15, 0.2) is 30.9 Å². The van der Waals surface area contributed by atoms with Crippen molar-refractivity contribution in [1.82, 2.24) is 5.32 Å². The van der Waals surface area contributed by atoms with Crippen molar-refractivity contribution < 1.29 is 0 Å². The van der Waals surface area contributed by atoms with Crippen LogP contribution in [0.4, 0.5) is 0 Å². The highest BCUT2D eigenvalue weighted by Gasteiger charge is 2.03. The third-order valence-electron chi connectivity index (χ3n) is 2.60. The summed E-state index contributed by atoms with van der Waals surface area (Å²) in [7, 11) is 0.